The number of rotatable bonds is 2. The van der Waals surface area contributed by atoms with Gasteiger partial charge in [-0.1, -0.05) is 18.2 Å². The van der Waals surface area contributed by atoms with Gasteiger partial charge in [-0.25, -0.2) is 4.79 Å². The summed E-state index contributed by atoms with van der Waals surface area (Å²) in [5, 5.41) is 18.0. The Morgan fingerprint density at radius 3 is 2.89 bits per heavy atom. The highest BCUT2D eigenvalue weighted by atomic mass is 16.4. The molecule has 0 aliphatic carbocycles. The molecule has 18 heavy (non-hydrogen) atoms. The van der Waals surface area contributed by atoms with E-state index in [0.29, 0.717) is 5.69 Å². The van der Waals surface area contributed by atoms with Crippen LogP contribution in [0, 0.1) is 0 Å². The number of aromatic amines is 1. The number of carboxylic acid groups (broad SMARTS) is 1. The summed E-state index contributed by atoms with van der Waals surface area (Å²) < 4.78 is 0. The van der Waals surface area contributed by atoms with Crippen molar-refractivity contribution in [3.63, 3.8) is 0 Å². The zero-order chi connectivity index (χ0) is 12.7. The average molecular weight is 242 g/mol. The molecule has 3 rings (SSSR count). The van der Waals surface area contributed by atoms with Gasteiger partial charge in [0.05, 0.1) is 0 Å². The summed E-state index contributed by atoms with van der Waals surface area (Å²) >= 11 is 0. The topological polar surface area (TPSA) is 83.8 Å². The van der Waals surface area contributed by atoms with Crippen LogP contribution in [0.1, 0.15) is 10.5 Å². The smallest absolute Gasteiger partial charge is 0.358 e. The Morgan fingerprint density at radius 1 is 1.33 bits per heavy atom. The van der Waals surface area contributed by atoms with Gasteiger partial charge in [-0.15, -0.1) is 5.10 Å². The van der Waals surface area contributed by atoms with Crippen molar-refractivity contribution in [2.75, 3.05) is 0 Å². The van der Waals surface area contributed by atoms with Crippen molar-refractivity contribution in [3.05, 3.63) is 36.2 Å². The van der Waals surface area contributed by atoms with E-state index in [4.69, 9.17) is 5.11 Å². The van der Waals surface area contributed by atoms with Crippen molar-refractivity contribution in [2.45, 2.75) is 0 Å². The number of carboxylic acids is 1. The summed E-state index contributed by atoms with van der Waals surface area (Å²) in [6, 6.07) is 7.66. The van der Waals surface area contributed by atoms with Crippen molar-refractivity contribution >= 4 is 16.9 Å². The summed E-state index contributed by atoms with van der Waals surface area (Å²) in [7, 11) is 1.60. The van der Waals surface area contributed by atoms with E-state index in [0.717, 1.165) is 16.5 Å². The van der Waals surface area contributed by atoms with Crippen LogP contribution in [0.5, 0.6) is 0 Å². The minimum Gasteiger partial charge on any atom is -0.476 e. The number of hydrogen-bond acceptors (Lipinski definition) is 3. The molecule has 90 valence electrons. The lowest BCUT2D eigenvalue weighted by atomic mass is 10.1. The summed E-state index contributed by atoms with van der Waals surface area (Å²) in [4.78, 5) is 15.5. The first-order valence-electron chi connectivity index (χ1n) is 5.38. The molecule has 0 saturated heterocycles. The Bertz CT molecular complexity index is 741. The Labute approximate surface area is 102 Å². The molecule has 0 amide bonds. The van der Waals surface area contributed by atoms with E-state index in [1.807, 2.05) is 24.3 Å². The second kappa shape index (κ2) is 3.69. The van der Waals surface area contributed by atoms with Crippen LogP contribution in [0.15, 0.2) is 30.5 Å². The fraction of sp³-hybridized carbons (Fsp3) is 0.0833. The summed E-state index contributed by atoms with van der Waals surface area (Å²) in [6.07, 6.45) is 1.75. The van der Waals surface area contributed by atoms with Crippen LogP contribution in [-0.4, -0.2) is 31.1 Å². The number of aromatic carboxylic acids is 1. The predicted octanol–water partition coefficient (Wildman–Crippen LogP) is 1.66. The summed E-state index contributed by atoms with van der Waals surface area (Å²) in [5.41, 5.74) is 2.02. The number of carbonyl (C=O) groups is 1. The van der Waals surface area contributed by atoms with E-state index in [2.05, 4.69) is 15.2 Å². The van der Waals surface area contributed by atoms with Gasteiger partial charge in [0.1, 0.15) is 5.69 Å². The molecule has 6 nitrogen and oxygen atoms in total. The minimum absolute atomic E-state index is 0.0396. The van der Waals surface area contributed by atoms with Gasteiger partial charge in [-0.3, -0.25) is 0 Å². The van der Waals surface area contributed by atoms with Crippen LogP contribution in [-0.2, 0) is 7.05 Å². The first-order valence-corrected chi connectivity index (χ1v) is 5.38. The van der Waals surface area contributed by atoms with Crippen LogP contribution >= 0.6 is 0 Å². The molecule has 0 spiro atoms. The van der Waals surface area contributed by atoms with Crippen molar-refractivity contribution in [3.8, 4) is 11.3 Å². The number of benzene rings is 1. The van der Waals surface area contributed by atoms with Crippen molar-refractivity contribution in [1.82, 2.24) is 20.0 Å². The quantitative estimate of drug-likeness (QED) is 0.715. The molecule has 0 radical (unpaired) electrons. The summed E-state index contributed by atoms with van der Waals surface area (Å²) in [5.74, 6) is -1.08. The number of H-pyrrole nitrogens is 1. The number of aryl methyl sites for hydroxylation is 1. The third-order valence-electron chi connectivity index (χ3n) is 2.76. The maximum absolute atomic E-state index is 11.1. The average Bonchev–Trinajstić information content (AvgIpc) is 2.92. The zero-order valence-corrected chi connectivity index (χ0v) is 9.58. The van der Waals surface area contributed by atoms with Gasteiger partial charge in [0.15, 0.2) is 5.69 Å². The van der Waals surface area contributed by atoms with E-state index in [1.165, 1.54) is 4.80 Å². The third kappa shape index (κ3) is 1.46. The standard InChI is InChI=1S/C12H10N4O2/c1-16-14-10(11(15-16)12(17)18)8-6-13-9-5-3-2-4-7(8)9/h2-6,13H,1H3,(H,17,18). The Hall–Kier alpha value is -2.63. The van der Waals surface area contributed by atoms with Crippen LogP contribution < -0.4 is 0 Å². The van der Waals surface area contributed by atoms with Crippen LogP contribution in [0.2, 0.25) is 0 Å². The second-order valence-electron chi connectivity index (χ2n) is 3.94. The Balaban J connectivity index is 2.29. The SMILES string of the molecule is Cn1nc(C(=O)O)c(-c2c[nH]c3ccccc23)n1. The Kier molecular flexibility index (Phi) is 2.16. The van der Waals surface area contributed by atoms with E-state index < -0.39 is 5.97 Å². The molecule has 0 aliphatic rings. The van der Waals surface area contributed by atoms with Crippen LogP contribution in [0.4, 0.5) is 0 Å². The molecule has 2 N–H and O–H groups in total. The third-order valence-corrected chi connectivity index (χ3v) is 2.76. The number of fused-ring (bicyclic) bond motifs is 1. The molecule has 0 saturated carbocycles. The maximum Gasteiger partial charge on any atom is 0.358 e. The lowest BCUT2D eigenvalue weighted by Crippen LogP contribution is -2.00. The first kappa shape index (κ1) is 10.5. The molecule has 0 fully saturated rings. The van der Waals surface area contributed by atoms with E-state index >= 15 is 0 Å². The fourth-order valence-corrected chi connectivity index (χ4v) is 2.00. The molecule has 1 aromatic carbocycles. The number of hydrogen-bond donors (Lipinski definition) is 2. The molecular weight excluding hydrogens is 232 g/mol. The molecule has 0 unspecified atom stereocenters. The van der Waals surface area contributed by atoms with Gasteiger partial charge in [-0.2, -0.15) is 9.90 Å². The van der Waals surface area contributed by atoms with Crippen LogP contribution in [0.25, 0.3) is 22.2 Å². The molecular formula is C12H10N4O2. The van der Waals surface area contributed by atoms with E-state index in [9.17, 15) is 4.79 Å². The van der Waals surface area contributed by atoms with Gasteiger partial charge in [0.25, 0.3) is 0 Å². The molecule has 2 aromatic heterocycles. The molecule has 6 heteroatoms. The number of para-hydroxylation sites is 1. The van der Waals surface area contributed by atoms with Gasteiger partial charge in [-0.05, 0) is 6.07 Å². The number of nitrogens with zero attached hydrogens (tertiary/aromatic N) is 3. The highest BCUT2D eigenvalue weighted by Gasteiger charge is 2.20. The second-order valence-corrected chi connectivity index (χ2v) is 3.94. The highest BCUT2D eigenvalue weighted by Crippen LogP contribution is 2.28. The van der Waals surface area contributed by atoms with Crippen molar-refractivity contribution < 1.29 is 9.90 Å². The number of aromatic nitrogens is 4. The molecule has 0 bridgehead atoms. The molecule has 0 aliphatic heterocycles. The molecule has 0 atom stereocenters. The van der Waals surface area contributed by atoms with Crippen LogP contribution in [0.3, 0.4) is 0 Å². The van der Waals surface area contributed by atoms with Gasteiger partial charge >= 0.3 is 5.97 Å². The normalized spacial score (nSPS) is 10.9. The van der Waals surface area contributed by atoms with E-state index in [-0.39, 0.29) is 5.69 Å². The number of nitrogens with one attached hydrogen (secondary N) is 1. The van der Waals surface area contributed by atoms with Crippen molar-refractivity contribution in [2.24, 2.45) is 7.05 Å². The monoisotopic (exact) mass is 242 g/mol. The summed E-state index contributed by atoms with van der Waals surface area (Å²) in [6.45, 7) is 0. The highest BCUT2D eigenvalue weighted by molar-refractivity contribution is 6.00. The minimum atomic E-state index is -1.08. The van der Waals surface area contributed by atoms with E-state index in [1.54, 1.807) is 13.2 Å². The zero-order valence-electron chi connectivity index (χ0n) is 9.58. The van der Waals surface area contributed by atoms with Gasteiger partial charge < -0.3 is 10.1 Å². The largest absolute Gasteiger partial charge is 0.476 e. The predicted molar refractivity (Wildman–Crippen MR) is 65.3 cm³/mol. The van der Waals surface area contributed by atoms with Gasteiger partial charge in [0.2, 0.25) is 0 Å². The first-order chi connectivity index (χ1) is 8.66. The van der Waals surface area contributed by atoms with Gasteiger partial charge in [0, 0.05) is 29.7 Å². The lowest BCUT2D eigenvalue weighted by molar-refractivity contribution is 0.0690. The van der Waals surface area contributed by atoms with Crippen molar-refractivity contribution in [1.29, 1.82) is 0 Å². The Morgan fingerprint density at radius 2 is 2.11 bits per heavy atom. The fourth-order valence-electron chi connectivity index (χ4n) is 2.00. The molecule has 2 heterocycles. The molecule has 3 aromatic rings. The lowest BCUT2D eigenvalue weighted by Gasteiger charge is -1.95. The maximum atomic E-state index is 11.1.